The summed E-state index contributed by atoms with van der Waals surface area (Å²) in [5.41, 5.74) is 0. The normalized spacial score (nSPS) is 15.1. The van der Waals surface area contributed by atoms with Gasteiger partial charge in [0, 0.05) is 0 Å². The van der Waals surface area contributed by atoms with Gasteiger partial charge in [0.1, 0.15) is 6.16 Å². The molecule has 69 valence electrons. The molecule has 10 heteroatoms. The SMILES string of the molecule is O=P(O)(O)[CH]C(O)P(=O)(O)O.[NaH]. The quantitative estimate of drug-likeness (QED) is 0.283. The van der Waals surface area contributed by atoms with Crippen molar-refractivity contribution < 1.29 is 33.8 Å². The van der Waals surface area contributed by atoms with Crippen molar-refractivity contribution in [2.45, 2.75) is 5.85 Å². The summed E-state index contributed by atoms with van der Waals surface area (Å²) in [5, 5.41) is 8.41. The van der Waals surface area contributed by atoms with Crippen LogP contribution in [0.5, 0.6) is 0 Å². The van der Waals surface area contributed by atoms with Crippen LogP contribution < -0.4 is 0 Å². The standard InChI is InChI=1S/C2H7O7P2.Na.H/c3-2(11(7,8)9)1-10(4,5)6;;/h1-3H,(H2,4,5,6)(H2,7,8,9);;. The zero-order chi connectivity index (χ0) is 9.28. The molecule has 5 N–H and O–H groups in total. The van der Waals surface area contributed by atoms with Crippen LogP contribution in [0.15, 0.2) is 0 Å². The molecule has 0 saturated carbocycles. The summed E-state index contributed by atoms with van der Waals surface area (Å²) in [6.07, 6.45) is -0.103. The van der Waals surface area contributed by atoms with Gasteiger partial charge in [-0.2, -0.15) is 0 Å². The van der Waals surface area contributed by atoms with Crippen molar-refractivity contribution in [1.29, 1.82) is 0 Å². The second-order valence-electron chi connectivity index (χ2n) is 1.74. The van der Waals surface area contributed by atoms with Crippen LogP contribution in [-0.2, 0) is 9.13 Å². The molecule has 0 amide bonds. The summed E-state index contributed by atoms with van der Waals surface area (Å²) in [5.74, 6) is -2.41. The van der Waals surface area contributed by atoms with E-state index in [2.05, 4.69) is 0 Å². The molecule has 0 aromatic heterocycles. The summed E-state index contributed by atoms with van der Waals surface area (Å²) in [7, 11) is -9.53. The predicted molar refractivity (Wildman–Crippen MR) is 41.5 cm³/mol. The minimum atomic E-state index is -4.85. The van der Waals surface area contributed by atoms with Crippen LogP contribution in [0.1, 0.15) is 0 Å². The molecule has 0 aromatic carbocycles. The third kappa shape index (κ3) is 7.89. The third-order valence-corrected chi connectivity index (χ3v) is 2.42. The Bertz CT molecular complexity index is 215. The Hall–Kier alpha value is 1.26. The fourth-order valence-electron chi connectivity index (χ4n) is 0.261. The first-order chi connectivity index (χ1) is 4.63. The van der Waals surface area contributed by atoms with E-state index in [9.17, 15) is 9.13 Å². The zero-order valence-corrected chi connectivity index (χ0v) is 6.89. The Morgan fingerprint density at radius 1 is 1.08 bits per heavy atom. The molecule has 0 aliphatic rings. The molecular formula is C2H8NaO7P2. The van der Waals surface area contributed by atoms with E-state index < -0.39 is 21.0 Å². The van der Waals surface area contributed by atoms with Gasteiger partial charge in [0.25, 0.3) is 0 Å². The average Bonchev–Trinajstić information content (AvgIpc) is 1.56. The topological polar surface area (TPSA) is 135 Å². The molecule has 1 atom stereocenters. The van der Waals surface area contributed by atoms with Crippen molar-refractivity contribution in [2.75, 3.05) is 0 Å². The Morgan fingerprint density at radius 2 is 1.42 bits per heavy atom. The van der Waals surface area contributed by atoms with Gasteiger partial charge in [-0.15, -0.1) is 0 Å². The Labute approximate surface area is 90.4 Å². The summed E-state index contributed by atoms with van der Waals surface area (Å²) >= 11 is 0. The summed E-state index contributed by atoms with van der Waals surface area (Å²) in [6.45, 7) is 0. The second kappa shape index (κ2) is 5.22. The first-order valence-corrected chi connectivity index (χ1v) is 5.64. The van der Waals surface area contributed by atoms with E-state index in [0.717, 1.165) is 0 Å². The van der Waals surface area contributed by atoms with Gasteiger partial charge in [0.05, 0.1) is 0 Å². The molecular weight excluding hydrogens is 221 g/mol. The Kier molecular flexibility index (Phi) is 6.84. The molecule has 12 heavy (non-hydrogen) atoms. The van der Waals surface area contributed by atoms with Crippen LogP contribution in [-0.4, -0.2) is 60.1 Å². The van der Waals surface area contributed by atoms with E-state index >= 15 is 0 Å². The van der Waals surface area contributed by atoms with Crippen LogP contribution in [0.4, 0.5) is 0 Å². The van der Waals surface area contributed by atoms with Gasteiger partial charge in [-0.1, -0.05) is 0 Å². The van der Waals surface area contributed by atoms with Gasteiger partial charge in [-0.3, -0.25) is 9.13 Å². The maximum absolute atomic E-state index is 10.1. The summed E-state index contributed by atoms with van der Waals surface area (Å²) < 4.78 is 20.1. The second-order valence-corrected chi connectivity index (χ2v) is 4.92. The van der Waals surface area contributed by atoms with E-state index in [1.807, 2.05) is 0 Å². The predicted octanol–water partition coefficient (Wildman–Crippen LogP) is -1.83. The van der Waals surface area contributed by atoms with E-state index in [4.69, 9.17) is 24.7 Å². The van der Waals surface area contributed by atoms with Crippen LogP contribution in [0.25, 0.3) is 0 Å². The van der Waals surface area contributed by atoms with Crippen molar-refractivity contribution >= 4 is 44.7 Å². The molecule has 0 aliphatic carbocycles. The van der Waals surface area contributed by atoms with Crippen LogP contribution >= 0.6 is 15.2 Å². The first-order valence-electron chi connectivity index (χ1n) is 2.27. The molecule has 0 aliphatic heterocycles. The molecule has 7 nitrogen and oxygen atoms in total. The number of hydrogen-bond donors (Lipinski definition) is 5. The molecule has 0 rings (SSSR count). The number of hydrogen-bond acceptors (Lipinski definition) is 3. The van der Waals surface area contributed by atoms with E-state index in [-0.39, 0.29) is 35.7 Å². The molecule has 0 heterocycles. The molecule has 1 unspecified atom stereocenters. The summed E-state index contributed by atoms with van der Waals surface area (Å²) in [6, 6.07) is 0. The van der Waals surface area contributed by atoms with Gasteiger partial charge >= 0.3 is 44.7 Å². The fraction of sp³-hybridized carbons (Fsp3) is 0.500. The monoisotopic (exact) mass is 229 g/mol. The Balaban J connectivity index is 0. The number of rotatable bonds is 3. The minimum absolute atomic E-state index is 0. The molecule has 0 aromatic rings. The van der Waals surface area contributed by atoms with Gasteiger partial charge in [-0.05, 0) is 0 Å². The van der Waals surface area contributed by atoms with Crippen molar-refractivity contribution in [3.8, 4) is 0 Å². The molecule has 1 radical (unpaired) electrons. The third-order valence-electron chi connectivity index (χ3n) is 0.672. The molecule has 0 spiro atoms. The van der Waals surface area contributed by atoms with Gasteiger partial charge < -0.3 is 24.7 Å². The molecule has 0 bridgehead atoms. The molecule has 0 saturated heterocycles. The number of aliphatic hydroxyl groups excluding tert-OH is 1. The van der Waals surface area contributed by atoms with Crippen molar-refractivity contribution in [2.24, 2.45) is 0 Å². The zero-order valence-electron chi connectivity index (χ0n) is 5.10. The van der Waals surface area contributed by atoms with Crippen LogP contribution in [0, 0.1) is 6.16 Å². The van der Waals surface area contributed by atoms with Gasteiger partial charge in [0.15, 0.2) is 5.85 Å². The maximum atomic E-state index is 10.1. The van der Waals surface area contributed by atoms with Crippen molar-refractivity contribution in [3.05, 3.63) is 6.16 Å². The van der Waals surface area contributed by atoms with Crippen LogP contribution in [0.3, 0.4) is 0 Å². The summed E-state index contributed by atoms with van der Waals surface area (Å²) in [4.78, 5) is 32.5. The molecule has 0 fully saturated rings. The first kappa shape index (κ1) is 15.7. The fourth-order valence-corrected chi connectivity index (χ4v) is 1.82. The Morgan fingerprint density at radius 3 is 1.50 bits per heavy atom. The van der Waals surface area contributed by atoms with Crippen LogP contribution in [0.2, 0.25) is 0 Å². The van der Waals surface area contributed by atoms with Gasteiger partial charge in [0.2, 0.25) is 0 Å². The van der Waals surface area contributed by atoms with E-state index in [1.54, 1.807) is 0 Å². The average molecular weight is 229 g/mol. The number of aliphatic hydroxyl groups is 1. The van der Waals surface area contributed by atoms with Gasteiger partial charge in [-0.25, -0.2) is 0 Å². The van der Waals surface area contributed by atoms with Crippen molar-refractivity contribution in [1.82, 2.24) is 0 Å². The van der Waals surface area contributed by atoms with Crippen molar-refractivity contribution in [3.63, 3.8) is 0 Å². The van der Waals surface area contributed by atoms with E-state index in [1.165, 1.54) is 0 Å². The van der Waals surface area contributed by atoms with E-state index in [0.29, 0.717) is 0 Å².